The van der Waals surface area contributed by atoms with Gasteiger partial charge in [0.1, 0.15) is 5.82 Å². The van der Waals surface area contributed by atoms with Crippen LogP contribution in [0.25, 0.3) is 0 Å². The Kier molecular flexibility index (Phi) is 3.86. The van der Waals surface area contributed by atoms with E-state index in [1.165, 1.54) is 0 Å². The minimum absolute atomic E-state index is 0.0417. The molecule has 6 heteroatoms. The molecule has 0 N–H and O–H groups in total. The summed E-state index contributed by atoms with van der Waals surface area (Å²) in [4.78, 5) is 22.5. The summed E-state index contributed by atoms with van der Waals surface area (Å²) in [5.74, 6) is 0.265. The van der Waals surface area contributed by atoms with Gasteiger partial charge in [0.2, 0.25) is 5.28 Å². The van der Waals surface area contributed by atoms with Crippen molar-refractivity contribution in [1.29, 1.82) is 0 Å². The van der Waals surface area contributed by atoms with Gasteiger partial charge in [0.05, 0.1) is 6.54 Å². The van der Waals surface area contributed by atoms with Gasteiger partial charge in [0, 0.05) is 24.2 Å². The van der Waals surface area contributed by atoms with Gasteiger partial charge in [-0.2, -0.15) is 0 Å². The summed E-state index contributed by atoms with van der Waals surface area (Å²) < 4.78 is 15.1. The van der Waals surface area contributed by atoms with E-state index in [-0.39, 0.29) is 36.5 Å². The van der Waals surface area contributed by atoms with Crippen LogP contribution >= 0.6 is 11.6 Å². The summed E-state index contributed by atoms with van der Waals surface area (Å²) in [5.41, 5.74) is -1.13. The predicted molar refractivity (Wildman–Crippen MR) is 79.5 cm³/mol. The van der Waals surface area contributed by atoms with E-state index in [1.807, 2.05) is 4.90 Å². The van der Waals surface area contributed by atoms with Crippen LogP contribution in [0.3, 0.4) is 0 Å². The molecule has 1 unspecified atom stereocenters. The fraction of sp³-hybridized carbons (Fsp3) is 0.667. The molecule has 2 aliphatic rings. The number of hydrogen-bond donors (Lipinski definition) is 0. The first-order chi connectivity index (χ1) is 10.0. The Morgan fingerprint density at radius 1 is 1.48 bits per heavy atom. The molecule has 1 fully saturated rings. The number of aromatic nitrogens is 2. The minimum Gasteiger partial charge on any atom is -0.350 e. The zero-order valence-corrected chi connectivity index (χ0v) is 12.9. The van der Waals surface area contributed by atoms with Gasteiger partial charge in [0.25, 0.3) is 0 Å². The number of ketones is 1. The van der Waals surface area contributed by atoms with Gasteiger partial charge in [-0.1, -0.05) is 19.8 Å². The van der Waals surface area contributed by atoms with Crippen LogP contribution in [-0.2, 0) is 11.2 Å². The first-order valence-corrected chi connectivity index (χ1v) is 7.91. The second-order valence-electron chi connectivity index (χ2n) is 5.97. The van der Waals surface area contributed by atoms with Gasteiger partial charge in [-0.25, -0.2) is 14.4 Å². The van der Waals surface area contributed by atoms with Crippen molar-refractivity contribution in [1.82, 2.24) is 9.97 Å². The number of alkyl halides is 1. The molecule has 2 heterocycles. The van der Waals surface area contributed by atoms with Gasteiger partial charge < -0.3 is 4.90 Å². The number of rotatable bonds is 2. The third-order valence-electron chi connectivity index (χ3n) is 4.68. The summed E-state index contributed by atoms with van der Waals surface area (Å²) in [6, 6.07) is 0.238. The number of carbonyl (C=O) groups excluding carboxylic acids is 1. The molecule has 0 aromatic carbocycles. The number of halogens is 2. The maximum Gasteiger partial charge on any atom is 0.224 e. The SMILES string of the molecule is CCC1(F)CN(C2CCCC2)c2nc(Cl)ncc2CC1=O. The molecular weight excluding hydrogens is 293 g/mol. The molecule has 4 nitrogen and oxygen atoms in total. The number of carbonyl (C=O) groups is 1. The summed E-state index contributed by atoms with van der Waals surface area (Å²) in [5, 5.41) is 0.145. The largest absolute Gasteiger partial charge is 0.350 e. The molecule has 1 atom stereocenters. The molecule has 1 saturated carbocycles. The van der Waals surface area contributed by atoms with Gasteiger partial charge in [-0.05, 0) is 30.9 Å². The Balaban J connectivity index is 2.06. The van der Waals surface area contributed by atoms with Crippen molar-refractivity contribution in [3.8, 4) is 0 Å². The second-order valence-corrected chi connectivity index (χ2v) is 6.31. The minimum atomic E-state index is -1.81. The summed E-state index contributed by atoms with van der Waals surface area (Å²) in [7, 11) is 0. The highest BCUT2D eigenvalue weighted by Crippen LogP contribution is 2.36. The number of anilines is 1. The maximum absolute atomic E-state index is 15.1. The number of nitrogens with zero attached hydrogens (tertiary/aromatic N) is 3. The predicted octanol–water partition coefficient (Wildman–Crippen LogP) is 3.12. The van der Waals surface area contributed by atoms with Crippen LogP contribution in [0.5, 0.6) is 0 Å². The molecule has 1 aliphatic carbocycles. The van der Waals surface area contributed by atoms with Crippen LogP contribution in [0.4, 0.5) is 10.2 Å². The van der Waals surface area contributed by atoms with E-state index in [1.54, 1.807) is 13.1 Å². The Labute approximate surface area is 128 Å². The lowest BCUT2D eigenvalue weighted by Crippen LogP contribution is -2.47. The molecule has 0 saturated heterocycles. The van der Waals surface area contributed by atoms with E-state index < -0.39 is 5.67 Å². The Morgan fingerprint density at radius 2 is 2.19 bits per heavy atom. The highest BCUT2D eigenvalue weighted by molar-refractivity contribution is 6.28. The van der Waals surface area contributed by atoms with E-state index in [0.717, 1.165) is 25.7 Å². The van der Waals surface area contributed by atoms with Gasteiger partial charge in [-0.15, -0.1) is 0 Å². The average Bonchev–Trinajstić information content (AvgIpc) is 2.97. The zero-order valence-electron chi connectivity index (χ0n) is 12.1. The molecule has 0 amide bonds. The number of fused-ring (bicyclic) bond motifs is 1. The molecule has 0 spiro atoms. The zero-order chi connectivity index (χ0) is 15.0. The molecule has 21 heavy (non-hydrogen) atoms. The van der Waals surface area contributed by atoms with Gasteiger partial charge >= 0.3 is 0 Å². The van der Waals surface area contributed by atoms with Crippen LogP contribution in [0, 0.1) is 0 Å². The molecule has 1 aliphatic heterocycles. The van der Waals surface area contributed by atoms with Crippen LogP contribution in [0.1, 0.15) is 44.6 Å². The van der Waals surface area contributed by atoms with Crippen molar-refractivity contribution in [2.45, 2.75) is 57.2 Å². The Bertz CT molecular complexity index is 562. The fourth-order valence-corrected chi connectivity index (χ4v) is 3.47. The van der Waals surface area contributed by atoms with E-state index in [4.69, 9.17) is 11.6 Å². The molecular formula is C15H19ClFN3O. The standard InChI is InChI=1S/C15H19ClFN3O/c1-2-15(17)9-20(11-5-3-4-6-11)13-10(7-12(15)21)8-18-14(16)19-13/h8,11H,2-7,9H2,1H3. The smallest absolute Gasteiger partial charge is 0.224 e. The average molecular weight is 312 g/mol. The molecule has 114 valence electrons. The number of hydrogen-bond acceptors (Lipinski definition) is 4. The highest BCUT2D eigenvalue weighted by atomic mass is 35.5. The summed E-state index contributed by atoms with van der Waals surface area (Å²) >= 11 is 5.92. The van der Waals surface area contributed by atoms with E-state index in [9.17, 15) is 4.79 Å². The maximum atomic E-state index is 15.1. The van der Waals surface area contributed by atoms with Crippen molar-refractivity contribution in [3.05, 3.63) is 17.0 Å². The molecule has 3 rings (SSSR count). The first kappa shape index (κ1) is 14.7. The lowest BCUT2D eigenvalue weighted by Gasteiger charge is -2.34. The molecule has 0 bridgehead atoms. The van der Waals surface area contributed by atoms with Gasteiger partial charge in [-0.3, -0.25) is 4.79 Å². The quantitative estimate of drug-likeness (QED) is 0.787. The topological polar surface area (TPSA) is 46.1 Å². The second kappa shape index (κ2) is 5.52. The molecule has 0 radical (unpaired) electrons. The summed E-state index contributed by atoms with van der Waals surface area (Å²) in [6.45, 7) is 1.80. The van der Waals surface area contributed by atoms with Crippen molar-refractivity contribution in [2.75, 3.05) is 11.4 Å². The Morgan fingerprint density at radius 3 is 2.86 bits per heavy atom. The summed E-state index contributed by atoms with van der Waals surface area (Å²) in [6.07, 6.45) is 6.07. The fourth-order valence-electron chi connectivity index (χ4n) is 3.34. The van der Waals surface area contributed by atoms with Crippen LogP contribution < -0.4 is 4.90 Å². The lowest BCUT2D eigenvalue weighted by molar-refractivity contribution is -0.129. The first-order valence-electron chi connectivity index (χ1n) is 7.54. The third-order valence-corrected chi connectivity index (χ3v) is 4.86. The lowest BCUT2D eigenvalue weighted by atomic mass is 9.94. The van der Waals surface area contributed by atoms with Gasteiger partial charge in [0.15, 0.2) is 11.5 Å². The Hall–Kier alpha value is -1.23. The van der Waals surface area contributed by atoms with Crippen molar-refractivity contribution >= 4 is 23.2 Å². The van der Waals surface area contributed by atoms with Crippen LogP contribution in [-0.4, -0.2) is 34.0 Å². The monoisotopic (exact) mass is 311 g/mol. The highest BCUT2D eigenvalue weighted by Gasteiger charge is 2.44. The van der Waals surface area contributed by atoms with E-state index >= 15 is 4.39 Å². The van der Waals surface area contributed by atoms with E-state index in [2.05, 4.69) is 9.97 Å². The molecule has 1 aromatic rings. The normalized spacial score (nSPS) is 26.8. The van der Waals surface area contributed by atoms with Crippen LogP contribution in [0.2, 0.25) is 5.28 Å². The van der Waals surface area contributed by atoms with Crippen molar-refractivity contribution < 1.29 is 9.18 Å². The van der Waals surface area contributed by atoms with Crippen LogP contribution in [0.15, 0.2) is 6.20 Å². The van der Waals surface area contributed by atoms with Crippen molar-refractivity contribution in [3.63, 3.8) is 0 Å². The van der Waals surface area contributed by atoms with E-state index in [0.29, 0.717) is 11.4 Å². The van der Waals surface area contributed by atoms with Crippen molar-refractivity contribution in [2.24, 2.45) is 0 Å². The third kappa shape index (κ3) is 2.63. The number of Topliss-reactive ketones (excluding diaryl/α,β-unsaturated/α-hetero) is 1. The molecule has 1 aromatic heterocycles.